The van der Waals surface area contributed by atoms with Gasteiger partial charge in [-0.05, 0) is 75.9 Å². The Balaban J connectivity index is 1.54. The Morgan fingerprint density at radius 2 is 2.00 bits per heavy atom. The lowest BCUT2D eigenvalue weighted by Gasteiger charge is -2.62. The van der Waals surface area contributed by atoms with Gasteiger partial charge in [0, 0.05) is 22.4 Å². The zero-order valence-corrected chi connectivity index (χ0v) is 20.3. The van der Waals surface area contributed by atoms with Gasteiger partial charge in [0.2, 0.25) is 0 Å². The van der Waals surface area contributed by atoms with E-state index in [1.54, 1.807) is 7.11 Å². The van der Waals surface area contributed by atoms with E-state index in [1.807, 2.05) is 12.1 Å². The van der Waals surface area contributed by atoms with Crippen molar-refractivity contribution in [2.24, 2.45) is 11.3 Å². The highest BCUT2D eigenvalue weighted by molar-refractivity contribution is 5.99. The van der Waals surface area contributed by atoms with Crippen molar-refractivity contribution in [3.8, 4) is 11.5 Å². The maximum absolute atomic E-state index is 13.7. The number of benzene rings is 2. The maximum atomic E-state index is 13.7. The van der Waals surface area contributed by atoms with Gasteiger partial charge in [0.05, 0.1) is 13.0 Å². The van der Waals surface area contributed by atoms with Crippen LogP contribution in [0.5, 0.6) is 11.5 Å². The molecular formula is C30H33NO3. The van der Waals surface area contributed by atoms with Gasteiger partial charge in [-0.15, -0.1) is 0 Å². The van der Waals surface area contributed by atoms with Crippen molar-refractivity contribution in [2.75, 3.05) is 20.7 Å². The average Bonchev–Trinajstić information content (AvgIpc) is 3.08. The number of rotatable bonds is 4. The SMILES string of the molecule is COc1ccc2c(c1O)[C@]13CCN(C)[C@@H](C2)[C@]12C=CC(=O)[C@@H]3/C(=C(/C)CCc1ccccc1)C2. The van der Waals surface area contributed by atoms with Crippen LogP contribution in [0.25, 0.3) is 0 Å². The molecule has 6 rings (SSSR count). The molecule has 0 spiro atoms. The van der Waals surface area contributed by atoms with Crippen molar-refractivity contribution >= 4 is 5.78 Å². The van der Waals surface area contributed by atoms with E-state index in [2.05, 4.69) is 61.3 Å². The smallest absolute Gasteiger partial charge is 0.163 e. The number of likely N-dealkylation sites (tertiary alicyclic amines) is 1. The fourth-order valence-corrected chi connectivity index (χ4v) is 7.92. The number of nitrogens with zero attached hydrogens (tertiary/aromatic N) is 1. The molecule has 34 heavy (non-hydrogen) atoms. The fraction of sp³-hybridized carbons (Fsp3) is 0.433. The summed E-state index contributed by atoms with van der Waals surface area (Å²) in [5.74, 6) is 0.735. The van der Waals surface area contributed by atoms with Crippen LogP contribution in [-0.2, 0) is 23.1 Å². The highest BCUT2D eigenvalue weighted by Crippen LogP contribution is 2.72. The summed E-state index contributed by atoms with van der Waals surface area (Å²) in [7, 11) is 3.83. The number of allylic oxidation sites excluding steroid dienone is 3. The van der Waals surface area contributed by atoms with E-state index in [0.29, 0.717) is 11.8 Å². The van der Waals surface area contributed by atoms with Crippen LogP contribution in [0.2, 0.25) is 0 Å². The lowest BCUT2D eigenvalue weighted by molar-refractivity contribution is -0.123. The van der Waals surface area contributed by atoms with Crippen LogP contribution in [0, 0.1) is 11.3 Å². The number of aryl methyl sites for hydroxylation is 1. The predicted molar refractivity (Wildman–Crippen MR) is 133 cm³/mol. The summed E-state index contributed by atoms with van der Waals surface area (Å²) in [6.07, 6.45) is 8.65. The zero-order chi connectivity index (χ0) is 23.7. The molecule has 2 aromatic rings. The normalized spacial score (nSPS) is 32.9. The van der Waals surface area contributed by atoms with Crippen molar-refractivity contribution in [3.05, 3.63) is 82.5 Å². The predicted octanol–water partition coefficient (Wildman–Crippen LogP) is 4.99. The van der Waals surface area contributed by atoms with Crippen molar-refractivity contribution in [1.82, 2.24) is 4.90 Å². The number of carbonyl (C=O) groups is 1. The third-order valence-electron chi connectivity index (χ3n) is 9.46. The van der Waals surface area contributed by atoms with Crippen molar-refractivity contribution in [3.63, 3.8) is 0 Å². The summed E-state index contributed by atoms with van der Waals surface area (Å²) in [6, 6.07) is 14.9. The van der Waals surface area contributed by atoms with E-state index in [4.69, 9.17) is 4.74 Å². The molecule has 4 atom stereocenters. The molecule has 2 aromatic carbocycles. The van der Waals surface area contributed by atoms with E-state index < -0.39 is 5.41 Å². The summed E-state index contributed by atoms with van der Waals surface area (Å²) in [5.41, 5.74) is 5.52. The Morgan fingerprint density at radius 1 is 1.21 bits per heavy atom. The van der Waals surface area contributed by atoms with Crippen LogP contribution in [0.4, 0.5) is 0 Å². The minimum atomic E-state index is -0.411. The standard InChI is InChI=1S/C30H33NO3/c1-19(9-10-20-7-5-4-6-8-20)22-18-29-14-13-23(32)27(22)30(29)15-16-31(2)25(29)17-21-11-12-24(34-3)28(33)26(21)30/h4-8,11-14,25,27,33H,9-10,15-18H2,1-3H3/b22-19-/t25-,27-,29+,30-/m0/s1. The van der Waals surface area contributed by atoms with E-state index >= 15 is 0 Å². The van der Waals surface area contributed by atoms with Gasteiger partial charge in [-0.2, -0.15) is 0 Å². The quantitative estimate of drug-likeness (QED) is 0.660. The Kier molecular flexibility index (Phi) is 4.83. The van der Waals surface area contributed by atoms with Gasteiger partial charge in [-0.1, -0.05) is 53.6 Å². The number of fused-ring (bicyclic) bond motifs is 1. The molecule has 0 amide bonds. The van der Waals surface area contributed by atoms with Crippen LogP contribution in [0.3, 0.4) is 0 Å². The third kappa shape index (κ3) is 2.66. The van der Waals surface area contributed by atoms with Crippen molar-refractivity contribution < 1.29 is 14.6 Å². The molecular weight excluding hydrogens is 422 g/mol. The first kappa shape index (κ1) is 21.7. The number of phenols is 1. The Labute approximate surface area is 201 Å². The van der Waals surface area contributed by atoms with Crippen LogP contribution in [-0.4, -0.2) is 42.5 Å². The highest BCUT2D eigenvalue weighted by Gasteiger charge is 2.72. The molecule has 3 aliphatic carbocycles. The molecule has 0 unspecified atom stereocenters. The number of carbonyl (C=O) groups excluding carboxylic acids is 1. The van der Waals surface area contributed by atoms with Crippen LogP contribution >= 0.6 is 0 Å². The van der Waals surface area contributed by atoms with E-state index in [9.17, 15) is 9.90 Å². The number of piperidine rings is 1. The fourth-order valence-electron chi connectivity index (χ4n) is 7.92. The summed E-state index contributed by atoms with van der Waals surface area (Å²) in [4.78, 5) is 16.2. The molecule has 1 aliphatic heterocycles. The van der Waals surface area contributed by atoms with E-state index in [1.165, 1.54) is 22.3 Å². The molecule has 4 aliphatic rings. The van der Waals surface area contributed by atoms with Crippen LogP contribution in [0.1, 0.15) is 42.9 Å². The average molecular weight is 456 g/mol. The van der Waals surface area contributed by atoms with Crippen molar-refractivity contribution in [1.29, 1.82) is 0 Å². The Bertz CT molecular complexity index is 1230. The number of likely N-dealkylation sites (N-methyl/N-ethyl adjacent to an activating group) is 1. The summed E-state index contributed by atoms with van der Waals surface area (Å²) in [6.45, 7) is 3.15. The molecule has 0 aromatic heterocycles. The van der Waals surface area contributed by atoms with Crippen LogP contribution in [0.15, 0.2) is 65.8 Å². The third-order valence-corrected chi connectivity index (χ3v) is 9.46. The topological polar surface area (TPSA) is 49.8 Å². The molecule has 1 saturated heterocycles. The number of phenolic OH excluding ortho intramolecular Hbond substituents is 1. The zero-order valence-electron chi connectivity index (χ0n) is 20.3. The molecule has 1 heterocycles. The second-order valence-corrected chi connectivity index (χ2v) is 10.7. The van der Waals surface area contributed by atoms with E-state index in [0.717, 1.165) is 44.2 Å². The van der Waals surface area contributed by atoms with Gasteiger partial charge in [0.1, 0.15) is 0 Å². The molecule has 4 nitrogen and oxygen atoms in total. The largest absolute Gasteiger partial charge is 0.504 e. The first-order valence-electron chi connectivity index (χ1n) is 12.5. The molecule has 176 valence electrons. The first-order valence-corrected chi connectivity index (χ1v) is 12.5. The van der Waals surface area contributed by atoms with Gasteiger partial charge in [-0.3, -0.25) is 4.79 Å². The molecule has 1 N–H and O–H groups in total. The minimum absolute atomic E-state index is 0.182. The summed E-state index contributed by atoms with van der Waals surface area (Å²) in [5, 5.41) is 11.5. The van der Waals surface area contributed by atoms with Gasteiger partial charge in [0.25, 0.3) is 0 Å². The van der Waals surface area contributed by atoms with Crippen molar-refractivity contribution in [2.45, 2.75) is 50.5 Å². The lowest BCUT2D eigenvalue weighted by atomic mass is 9.46. The number of methoxy groups -OCH3 is 1. The van der Waals surface area contributed by atoms with Crippen LogP contribution < -0.4 is 4.74 Å². The number of hydrogen-bond donors (Lipinski definition) is 1. The molecule has 0 radical (unpaired) electrons. The summed E-state index contributed by atoms with van der Waals surface area (Å²) < 4.78 is 5.55. The first-order chi connectivity index (χ1) is 16.4. The Hall–Kier alpha value is -2.85. The monoisotopic (exact) mass is 455 g/mol. The van der Waals surface area contributed by atoms with Gasteiger partial charge in [-0.25, -0.2) is 0 Å². The molecule has 4 bridgehead atoms. The number of ketones is 1. The molecule has 1 saturated carbocycles. The lowest BCUT2D eigenvalue weighted by Crippen LogP contribution is -2.66. The highest BCUT2D eigenvalue weighted by atomic mass is 16.5. The van der Waals surface area contributed by atoms with Gasteiger partial charge < -0.3 is 14.7 Å². The maximum Gasteiger partial charge on any atom is 0.163 e. The number of hydrogen-bond acceptors (Lipinski definition) is 4. The minimum Gasteiger partial charge on any atom is -0.504 e. The molecule has 4 heteroatoms. The van der Waals surface area contributed by atoms with Gasteiger partial charge in [0.15, 0.2) is 17.3 Å². The number of ether oxygens (including phenoxy) is 1. The second kappa shape index (κ2) is 7.58. The summed E-state index contributed by atoms with van der Waals surface area (Å²) >= 11 is 0. The number of aromatic hydroxyl groups is 1. The van der Waals surface area contributed by atoms with Gasteiger partial charge >= 0.3 is 0 Å². The Morgan fingerprint density at radius 3 is 2.76 bits per heavy atom. The molecule has 2 fully saturated rings. The van der Waals surface area contributed by atoms with E-state index in [-0.39, 0.29) is 22.9 Å². The second-order valence-electron chi connectivity index (χ2n) is 10.7.